The maximum absolute atomic E-state index is 10.6. The molecule has 0 saturated heterocycles. The summed E-state index contributed by atoms with van der Waals surface area (Å²) in [6, 6.07) is 11.4. The lowest BCUT2D eigenvalue weighted by Gasteiger charge is -2.17. The largest absolute Gasteiger partial charge is 0.497 e. The number of thiophene rings is 1. The van der Waals surface area contributed by atoms with Crippen LogP contribution in [0, 0.1) is 0 Å². The van der Waals surface area contributed by atoms with E-state index in [-0.39, 0.29) is 11.0 Å². The Morgan fingerprint density at radius 2 is 1.50 bits per heavy atom. The summed E-state index contributed by atoms with van der Waals surface area (Å²) in [7, 11) is 3.27. The summed E-state index contributed by atoms with van der Waals surface area (Å²) in [5.41, 5.74) is 3.46. The van der Waals surface area contributed by atoms with Gasteiger partial charge in [-0.15, -0.1) is 23.1 Å². The van der Waals surface area contributed by atoms with E-state index in [1.54, 1.807) is 25.6 Å². The van der Waals surface area contributed by atoms with E-state index < -0.39 is 6.10 Å². The predicted molar refractivity (Wildman–Crippen MR) is 169 cm³/mol. The van der Waals surface area contributed by atoms with Crippen molar-refractivity contribution in [3.05, 3.63) is 56.5 Å². The van der Waals surface area contributed by atoms with Gasteiger partial charge in [-0.25, -0.2) is 0 Å². The molecule has 0 saturated carbocycles. The fourth-order valence-electron chi connectivity index (χ4n) is 4.00. The number of aliphatic hydroxyl groups is 1. The van der Waals surface area contributed by atoms with Crippen molar-refractivity contribution in [3.8, 4) is 39.9 Å². The molecule has 0 amide bonds. The Kier molecular flexibility index (Phi) is 11.9. The number of aliphatic hydroxyl groups excluding tert-OH is 1. The molecular formula is C29H32Br2O7S2. The molecular weight excluding hydrogens is 684 g/mol. The van der Waals surface area contributed by atoms with Crippen molar-refractivity contribution in [1.29, 1.82) is 0 Å². The van der Waals surface area contributed by atoms with Crippen LogP contribution in [0.4, 0.5) is 0 Å². The minimum absolute atomic E-state index is 0.0796. The van der Waals surface area contributed by atoms with Gasteiger partial charge in [0.1, 0.15) is 32.9 Å². The molecule has 11 heteroatoms. The first-order valence-electron chi connectivity index (χ1n) is 12.7. The van der Waals surface area contributed by atoms with Crippen LogP contribution >= 0.6 is 55.0 Å². The topological polar surface area (TPSA) is 75.6 Å². The molecule has 0 aliphatic carbocycles. The molecule has 2 atom stereocenters. The van der Waals surface area contributed by atoms with Crippen molar-refractivity contribution in [1.82, 2.24) is 0 Å². The highest BCUT2D eigenvalue weighted by molar-refractivity contribution is 9.11. The molecule has 4 rings (SSSR count). The van der Waals surface area contributed by atoms with Crippen LogP contribution in [0.2, 0.25) is 0 Å². The van der Waals surface area contributed by atoms with Crippen LogP contribution in [-0.2, 0) is 4.74 Å². The minimum Gasteiger partial charge on any atom is -0.497 e. The highest BCUT2D eigenvalue weighted by Crippen LogP contribution is 2.46. The van der Waals surface area contributed by atoms with E-state index in [9.17, 15) is 5.11 Å². The van der Waals surface area contributed by atoms with Gasteiger partial charge >= 0.3 is 0 Å². The monoisotopic (exact) mass is 714 g/mol. The molecule has 0 bridgehead atoms. The fraction of sp³-hybridized carbons (Fsp3) is 0.379. The summed E-state index contributed by atoms with van der Waals surface area (Å²) < 4.78 is 35.3. The number of hydrogen-bond donors (Lipinski definition) is 1. The van der Waals surface area contributed by atoms with E-state index in [4.69, 9.17) is 28.4 Å². The Hall–Kier alpha value is -1.89. The lowest BCUT2D eigenvalue weighted by Crippen LogP contribution is -2.15. The van der Waals surface area contributed by atoms with E-state index in [2.05, 4.69) is 31.9 Å². The Labute approximate surface area is 260 Å². The van der Waals surface area contributed by atoms with E-state index in [1.165, 1.54) is 11.8 Å². The first-order chi connectivity index (χ1) is 19.5. The number of hydrogen-bond acceptors (Lipinski definition) is 9. The van der Waals surface area contributed by atoms with Gasteiger partial charge < -0.3 is 33.5 Å². The SMILES string of the molecule is CCOCOc1c(-c2cc(OC)ccc2OCCCCOc2ccc(OC)cc2C2=CSC(Br)C2O)csc1Br. The summed E-state index contributed by atoms with van der Waals surface area (Å²) >= 11 is 10.2. The Morgan fingerprint density at radius 3 is 2.08 bits per heavy atom. The number of benzene rings is 2. The molecule has 1 aliphatic rings. The van der Waals surface area contributed by atoms with Gasteiger partial charge in [-0.2, -0.15) is 0 Å². The van der Waals surface area contributed by atoms with Crippen LogP contribution in [-0.4, -0.2) is 56.2 Å². The van der Waals surface area contributed by atoms with Gasteiger partial charge in [0.2, 0.25) is 0 Å². The van der Waals surface area contributed by atoms with Gasteiger partial charge in [-0.3, -0.25) is 0 Å². The quantitative estimate of drug-likeness (QED) is 0.0965. The Balaban J connectivity index is 1.37. The Morgan fingerprint density at radius 1 is 0.875 bits per heavy atom. The standard InChI is InChI=1S/C29H32Br2O7S2/c1-4-35-17-38-27-23(16-40-29(27)31)21-14-19(34-3)8-10-25(21)37-12-6-5-11-36-24-9-7-18(33-2)13-20(24)22-15-39-28(30)26(22)32/h7-10,13-16,26,28,32H,4-6,11-12,17H2,1-3H3. The van der Waals surface area contributed by atoms with Gasteiger partial charge in [-0.05, 0) is 83.1 Å². The summed E-state index contributed by atoms with van der Waals surface area (Å²) in [4.78, 5) is 0. The van der Waals surface area contributed by atoms with Crippen molar-refractivity contribution in [2.24, 2.45) is 0 Å². The van der Waals surface area contributed by atoms with Crippen molar-refractivity contribution in [2.45, 2.75) is 30.0 Å². The number of ether oxygens (including phenoxy) is 6. The third-order valence-corrected chi connectivity index (χ3v) is 9.84. The lowest BCUT2D eigenvalue weighted by molar-refractivity contribution is 0.0226. The highest BCUT2D eigenvalue weighted by atomic mass is 79.9. The number of thioether (sulfide) groups is 1. The van der Waals surface area contributed by atoms with Crippen molar-refractivity contribution in [2.75, 3.05) is 40.8 Å². The second-order valence-electron chi connectivity index (χ2n) is 8.64. The maximum Gasteiger partial charge on any atom is 0.189 e. The van der Waals surface area contributed by atoms with Crippen LogP contribution in [0.5, 0.6) is 28.7 Å². The van der Waals surface area contributed by atoms with Crippen molar-refractivity contribution < 1.29 is 33.5 Å². The molecule has 1 aliphatic heterocycles. The lowest BCUT2D eigenvalue weighted by atomic mass is 10.0. The molecule has 0 fully saturated rings. The van der Waals surface area contributed by atoms with Crippen LogP contribution in [0.25, 0.3) is 16.7 Å². The molecule has 1 aromatic heterocycles. The van der Waals surface area contributed by atoms with Gasteiger partial charge in [0.05, 0.1) is 31.6 Å². The summed E-state index contributed by atoms with van der Waals surface area (Å²) in [5.74, 6) is 3.62. The zero-order chi connectivity index (χ0) is 28.5. The second-order valence-corrected chi connectivity index (χ2v) is 13.4. The second kappa shape index (κ2) is 15.4. The molecule has 3 aromatic rings. The molecule has 2 unspecified atom stereocenters. The molecule has 0 spiro atoms. The van der Waals surface area contributed by atoms with E-state index >= 15 is 0 Å². The van der Waals surface area contributed by atoms with Crippen molar-refractivity contribution in [3.63, 3.8) is 0 Å². The Bertz CT molecular complexity index is 1300. The van der Waals surface area contributed by atoms with E-state index in [0.717, 1.165) is 50.4 Å². The molecule has 0 radical (unpaired) electrons. The van der Waals surface area contributed by atoms with Crippen LogP contribution in [0.1, 0.15) is 25.3 Å². The van der Waals surface area contributed by atoms with E-state index in [1.807, 2.05) is 54.1 Å². The van der Waals surface area contributed by atoms with Gasteiger partial charge in [0.15, 0.2) is 12.5 Å². The van der Waals surface area contributed by atoms with Crippen LogP contribution in [0.15, 0.2) is 51.0 Å². The average molecular weight is 717 g/mol. The molecule has 40 heavy (non-hydrogen) atoms. The molecule has 2 heterocycles. The number of alkyl halides is 1. The molecule has 1 N–H and O–H groups in total. The number of halogens is 2. The zero-order valence-corrected chi connectivity index (χ0v) is 27.3. The number of unbranched alkanes of at least 4 members (excludes halogenated alkanes) is 1. The predicted octanol–water partition coefficient (Wildman–Crippen LogP) is 7.98. The highest BCUT2D eigenvalue weighted by Gasteiger charge is 2.29. The fourth-order valence-corrected chi connectivity index (χ4v) is 6.79. The molecule has 216 valence electrons. The molecule has 7 nitrogen and oxygen atoms in total. The maximum atomic E-state index is 10.6. The third-order valence-electron chi connectivity index (χ3n) is 6.11. The average Bonchev–Trinajstić information content (AvgIpc) is 3.51. The zero-order valence-electron chi connectivity index (χ0n) is 22.5. The number of rotatable bonds is 15. The third kappa shape index (κ3) is 7.68. The summed E-state index contributed by atoms with van der Waals surface area (Å²) in [6.07, 6.45) is 0.962. The van der Waals surface area contributed by atoms with Crippen LogP contribution in [0.3, 0.4) is 0 Å². The summed E-state index contributed by atoms with van der Waals surface area (Å²) in [5, 5.41) is 14.6. The van der Waals surface area contributed by atoms with Crippen molar-refractivity contribution >= 4 is 60.5 Å². The summed E-state index contributed by atoms with van der Waals surface area (Å²) in [6.45, 7) is 3.70. The first-order valence-corrected chi connectivity index (χ1v) is 16.3. The van der Waals surface area contributed by atoms with Gasteiger partial charge in [0, 0.05) is 28.7 Å². The first kappa shape index (κ1) is 31.1. The van der Waals surface area contributed by atoms with Gasteiger partial charge in [0.25, 0.3) is 0 Å². The smallest absolute Gasteiger partial charge is 0.189 e. The van der Waals surface area contributed by atoms with E-state index in [0.29, 0.717) is 37.1 Å². The van der Waals surface area contributed by atoms with Gasteiger partial charge in [-0.1, -0.05) is 15.9 Å². The minimum atomic E-state index is -0.625. The van der Waals surface area contributed by atoms with Crippen LogP contribution < -0.4 is 23.7 Å². The normalized spacial score (nSPS) is 16.5. The number of methoxy groups -OCH3 is 2. The molecule has 2 aromatic carbocycles.